The monoisotopic (exact) mass is 272 g/mol. The number of ether oxygens (including phenoxy) is 2. The van der Waals surface area contributed by atoms with Crippen LogP contribution in [0.25, 0.3) is 0 Å². The van der Waals surface area contributed by atoms with Crippen LogP contribution in [-0.2, 0) is 6.42 Å². The Labute approximate surface area is 119 Å². The summed E-state index contributed by atoms with van der Waals surface area (Å²) in [5.74, 6) is 7.41. The van der Waals surface area contributed by atoms with Gasteiger partial charge in [0.2, 0.25) is 0 Å². The molecule has 1 atom stereocenters. The Kier molecular flexibility index (Phi) is 4.98. The number of benzene rings is 2. The maximum absolute atomic E-state index is 5.72. The van der Waals surface area contributed by atoms with Gasteiger partial charge in [-0.15, -0.1) is 0 Å². The number of nitrogens with two attached hydrogens (primary N) is 1. The molecule has 2 aromatic rings. The van der Waals surface area contributed by atoms with Gasteiger partial charge in [0.25, 0.3) is 0 Å². The molecule has 3 N–H and O–H groups in total. The van der Waals surface area contributed by atoms with Crippen LogP contribution in [0.3, 0.4) is 0 Å². The highest BCUT2D eigenvalue weighted by atomic mass is 16.5. The molecule has 2 rings (SSSR count). The number of para-hydroxylation sites is 2. The number of methoxy groups -OCH3 is 2. The van der Waals surface area contributed by atoms with Crippen LogP contribution in [0.2, 0.25) is 0 Å². The quantitative estimate of drug-likeness (QED) is 0.626. The van der Waals surface area contributed by atoms with Gasteiger partial charge in [0, 0.05) is 5.56 Å². The lowest BCUT2D eigenvalue weighted by Gasteiger charge is -2.20. The molecule has 2 aromatic carbocycles. The lowest BCUT2D eigenvalue weighted by Crippen LogP contribution is -2.30. The highest BCUT2D eigenvalue weighted by Gasteiger charge is 2.16. The van der Waals surface area contributed by atoms with Crippen molar-refractivity contribution in [2.24, 2.45) is 5.84 Å². The fourth-order valence-electron chi connectivity index (χ4n) is 2.30. The van der Waals surface area contributed by atoms with Crippen LogP contribution in [0.1, 0.15) is 17.2 Å². The molecular formula is C16H20N2O2. The number of hydrazine groups is 1. The van der Waals surface area contributed by atoms with E-state index in [1.54, 1.807) is 14.2 Å². The smallest absolute Gasteiger partial charge is 0.123 e. The predicted molar refractivity (Wildman–Crippen MR) is 79.8 cm³/mol. The topological polar surface area (TPSA) is 56.5 Å². The van der Waals surface area contributed by atoms with Crippen molar-refractivity contribution in [1.82, 2.24) is 5.43 Å². The highest BCUT2D eigenvalue weighted by Crippen LogP contribution is 2.29. The molecule has 0 radical (unpaired) electrons. The van der Waals surface area contributed by atoms with Crippen LogP contribution in [-0.4, -0.2) is 14.2 Å². The normalized spacial score (nSPS) is 11.9. The second-order valence-corrected chi connectivity index (χ2v) is 4.48. The van der Waals surface area contributed by atoms with Gasteiger partial charge in [-0.2, -0.15) is 0 Å². The first-order chi connectivity index (χ1) is 9.80. The molecule has 0 aliphatic carbocycles. The van der Waals surface area contributed by atoms with Crippen LogP contribution in [0.4, 0.5) is 0 Å². The SMILES string of the molecule is COc1ccccc1CC(NN)c1ccccc1OC. The molecule has 0 fully saturated rings. The van der Waals surface area contributed by atoms with E-state index in [4.69, 9.17) is 15.3 Å². The van der Waals surface area contributed by atoms with Crippen molar-refractivity contribution < 1.29 is 9.47 Å². The molecular weight excluding hydrogens is 252 g/mol. The van der Waals surface area contributed by atoms with Crippen molar-refractivity contribution in [3.05, 3.63) is 59.7 Å². The summed E-state index contributed by atoms with van der Waals surface area (Å²) in [6.45, 7) is 0. The van der Waals surface area contributed by atoms with Gasteiger partial charge in [0.1, 0.15) is 11.5 Å². The molecule has 0 saturated carbocycles. The van der Waals surface area contributed by atoms with Crippen LogP contribution in [0.5, 0.6) is 11.5 Å². The molecule has 0 aliphatic rings. The summed E-state index contributed by atoms with van der Waals surface area (Å²) in [5.41, 5.74) is 4.99. The van der Waals surface area contributed by atoms with E-state index in [9.17, 15) is 0 Å². The second kappa shape index (κ2) is 6.93. The largest absolute Gasteiger partial charge is 0.496 e. The number of hydrogen-bond acceptors (Lipinski definition) is 4. The van der Waals surface area contributed by atoms with Gasteiger partial charge in [-0.25, -0.2) is 0 Å². The Bertz CT molecular complexity index is 558. The number of nitrogens with one attached hydrogen (secondary N) is 1. The van der Waals surface area contributed by atoms with E-state index in [1.807, 2.05) is 48.5 Å². The van der Waals surface area contributed by atoms with Crippen LogP contribution in [0.15, 0.2) is 48.5 Å². The molecule has 0 spiro atoms. The van der Waals surface area contributed by atoms with Gasteiger partial charge in [0.05, 0.1) is 20.3 Å². The Morgan fingerprint density at radius 2 is 1.55 bits per heavy atom. The zero-order valence-corrected chi connectivity index (χ0v) is 11.8. The van der Waals surface area contributed by atoms with Gasteiger partial charge in [0.15, 0.2) is 0 Å². The third-order valence-corrected chi connectivity index (χ3v) is 3.33. The molecule has 0 saturated heterocycles. The van der Waals surface area contributed by atoms with Crippen LogP contribution in [0, 0.1) is 0 Å². The van der Waals surface area contributed by atoms with E-state index in [0.29, 0.717) is 0 Å². The maximum atomic E-state index is 5.72. The Morgan fingerprint density at radius 1 is 0.950 bits per heavy atom. The van der Waals surface area contributed by atoms with E-state index in [1.165, 1.54) is 0 Å². The lowest BCUT2D eigenvalue weighted by atomic mass is 9.98. The summed E-state index contributed by atoms with van der Waals surface area (Å²) in [6.07, 6.45) is 0.723. The highest BCUT2D eigenvalue weighted by molar-refractivity contribution is 5.39. The second-order valence-electron chi connectivity index (χ2n) is 4.48. The fraction of sp³-hybridized carbons (Fsp3) is 0.250. The third-order valence-electron chi connectivity index (χ3n) is 3.33. The minimum Gasteiger partial charge on any atom is -0.496 e. The van der Waals surface area contributed by atoms with E-state index in [0.717, 1.165) is 29.0 Å². The molecule has 0 heterocycles. The molecule has 20 heavy (non-hydrogen) atoms. The summed E-state index contributed by atoms with van der Waals surface area (Å²) >= 11 is 0. The Morgan fingerprint density at radius 3 is 2.20 bits per heavy atom. The first-order valence-electron chi connectivity index (χ1n) is 6.51. The van der Waals surface area contributed by atoms with E-state index in [-0.39, 0.29) is 6.04 Å². The summed E-state index contributed by atoms with van der Waals surface area (Å²) < 4.78 is 10.8. The summed E-state index contributed by atoms with van der Waals surface area (Å²) in [5, 5.41) is 0. The van der Waals surface area contributed by atoms with Crippen molar-refractivity contribution >= 4 is 0 Å². The van der Waals surface area contributed by atoms with Gasteiger partial charge in [-0.05, 0) is 24.1 Å². The van der Waals surface area contributed by atoms with E-state index >= 15 is 0 Å². The fourth-order valence-corrected chi connectivity index (χ4v) is 2.30. The van der Waals surface area contributed by atoms with Crippen molar-refractivity contribution in [2.75, 3.05) is 14.2 Å². The lowest BCUT2D eigenvalue weighted by molar-refractivity contribution is 0.393. The number of hydrogen-bond donors (Lipinski definition) is 2. The molecule has 1 unspecified atom stereocenters. The molecule has 106 valence electrons. The van der Waals surface area contributed by atoms with Crippen LogP contribution >= 0.6 is 0 Å². The molecule has 4 heteroatoms. The average Bonchev–Trinajstić information content (AvgIpc) is 2.53. The maximum Gasteiger partial charge on any atom is 0.123 e. The first kappa shape index (κ1) is 14.4. The van der Waals surface area contributed by atoms with Gasteiger partial charge in [-0.1, -0.05) is 36.4 Å². The molecule has 4 nitrogen and oxygen atoms in total. The number of rotatable bonds is 6. The summed E-state index contributed by atoms with van der Waals surface area (Å²) in [6, 6.07) is 15.8. The van der Waals surface area contributed by atoms with Crippen molar-refractivity contribution in [1.29, 1.82) is 0 Å². The summed E-state index contributed by atoms with van der Waals surface area (Å²) in [4.78, 5) is 0. The summed E-state index contributed by atoms with van der Waals surface area (Å²) in [7, 11) is 3.34. The minimum absolute atomic E-state index is 0.0394. The zero-order valence-electron chi connectivity index (χ0n) is 11.8. The predicted octanol–water partition coefficient (Wildman–Crippen LogP) is 2.45. The average molecular weight is 272 g/mol. The first-order valence-corrected chi connectivity index (χ1v) is 6.51. The Hall–Kier alpha value is -2.04. The minimum atomic E-state index is -0.0394. The Balaban J connectivity index is 2.29. The third kappa shape index (κ3) is 3.10. The van der Waals surface area contributed by atoms with Crippen LogP contribution < -0.4 is 20.7 Å². The van der Waals surface area contributed by atoms with E-state index < -0.39 is 0 Å². The zero-order chi connectivity index (χ0) is 14.4. The van der Waals surface area contributed by atoms with Crippen molar-refractivity contribution in [3.8, 4) is 11.5 Å². The molecule has 0 aliphatic heterocycles. The van der Waals surface area contributed by atoms with Crippen molar-refractivity contribution in [2.45, 2.75) is 12.5 Å². The molecule has 0 amide bonds. The van der Waals surface area contributed by atoms with Gasteiger partial charge < -0.3 is 9.47 Å². The van der Waals surface area contributed by atoms with Crippen molar-refractivity contribution in [3.63, 3.8) is 0 Å². The standard InChI is InChI=1S/C16H20N2O2/c1-19-15-9-5-3-7-12(15)11-14(18-17)13-8-4-6-10-16(13)20-2/h3-10,14,18H,11,17H2,1-2H3. The van der Waals surface area contributed by atoms with Gasteiger partial charge >= 0.3 is 0 Å². The molecule has 0 bridgehead atoms. The van der Waals surface area contributed by atoms with Gasteiger partial charge in [-0.3, -0.25) is 11.3 Å². The molecule has 0 aromatic heterocycles. The van der Waals surface area contributed by atoms with E-state index in [2.05, 4.69) is 5.43 Å².